The Hall–Kier alpha value is -3.08. The number of amides is 1. The Morgan fingerprint density at radius 2 is 1.81 bits per heavy atom. The summed E-state index contributed by atoms with van der Waals surface area (Å²) in [4.78, 5) is 25.5. The van der Waals surface area contributed by atoms with Crippen molar-refractivity contribution in [2.75, 3.05) is 14.1 Å². The molecule has 5 heteroatoms. The number of carbonyl (C=O) groups excluding carboxylic acids is 1. The van der Waals surface area contributed by atoms with Crippen molar-refractivity contribution in [3.8, 4) is 16.9 Å². The van der Waals surface area contributed by atoms with Gasteiger partial charge in [0.15, 0.2) is 6.10 Å². The molecule has 1 amide bonds. The van der Waals surface area contributed by atoms with Crippen molar-refractivity contribution in [3.63, 3.8) is 0 Å². The normalized spacial score (nSPS) is 12.0. The first kappa shape index (κ1) is 17.7. The lowest BCUT2D eigenvalue weighted by molar-refractivity contribution is -0.135. The van der Waals surface area contributed by atoms with Crippen LogP contribution in [0.15, 0.2) is 57.7 Å². The highest BCUT2D eigenvalue weighted by atomic mass is 16.5. The molecule has 0 N–H and O–H groups in total. The summed E-state index contributed by atoms with van der Waals surface area (Å²) in [6.07, 6.45) is -0.631. The van der Waals surface area contributed by atoms with Crippen LogP contribution in [-0.4, -0.2) is 31.0 Å². The van der Waals surface area contributed by atoms with Crippen molar-refractivity contribution in [1.82, 2.24) is 4.90 Å². The number of benzene rings is 2. The highest BCUT2D eigenvalue weighted by molar-refractivity contribution is 5.94. The number of hydrogen-bond acceptors (Lipinski definition) is 4. The van der Waals surface area contributed by atoms with Gasteiger partial charge in [-0.25, -0.2) is 4.79 Å². The van der Waals surface area contributed by atoms with Gasteiger partial charge in [0.2, 0.25) is 0 Å². The second-order valence-corrected chi connectivity index (χ2v) is 6.44. The van der Waals surface area contributed by atoms with Crippen LogP contribution in [0.1, 0.15) is 12.5 Å². The highest BCUT2D eigenvalue weighted by Gasteiger charge is 2.17. The number of hydrogen-bond donors (Lipinski definition) is 0. The maximum absolute atomic E-state index is 12.1. The summed E-state index contributed by atoms with van der Waals surface area (Å²) < 4.78 is 11.1. The Morgan fingerprint density at radius 1 is 1.08 bits per heavy atom. The maximum Gasteiger partial charge on any atom is 0.336 e. The van der Waals surface area contributed by atoms with Gasteiger partial charge < -0.3 is 14.1 Å². The van der Waals surface area contributed by atoms with Gasteiger partial charge in [-0.1, -0.05) is 24.3 Å². The van der Waals surface area contributed by atoms with Crippen molar-refractivity contribution in [3.05, 3.63) is 64.5 Å². The lowest BCUT2D eigenvalue weighted by atomic mass is 9.98. The Bertz CT molecular complexity index is 1020. The van der Waals surface area contributed by atoms with Crippen LogP contribution in [0.4, 0.5) is 0 Å². The second kappa shape index (κ2) is 7.04. The molecule has 0 aliphatic carbocycles. The van der Waals surface area contributed by atoms with Crippen molar-refractivity contribution in [2.24, 2.45) is 0 Å². The number of rotatable bonds is 4. The predicted octanol–water partition coefficient (Wildman–Crippen LogP) is 3.62. The molecule has 0 unspecified atom stereocenters. The Morgan fingerprint density at radius 3 is 2.50 bits per heavy atom. The second-order valence-electron chi connectivity index (χ2n) is 6.44. The van der Waals surface area contributed by atoms with E-state index >= 15 is 0 Å². The first-order valence-electron chi connectivity index (χ1n) is 8.38. The number of likely N-dealkylation sites (N-methyl/N-ethyl adjacent to an activating group) is 1. The number of fused-ring (bicyclic) bond motifs is 1. The fourth-order valence-corrected chi connectivity index (χ4v) is 2.93. The molecular weight excluding hydrogens is 330 g/mol. The largest absolute Gasteiger partial charge is 0.481 e. The molecule has 0 saturated heterocycles. The maximum atomic E-state index is 12.1. The van der Waals surface area contributed by atoms with E-state index in [1.807, 2.05) is 37.3 Å². The van der Waals surface area contributed by atoms with Crippen LogP contribution in [0.2, 0.25) is 0 Å². The van der Waals surface area contributed by atoms with Crippen LogP contribution in [0.25, 0.3) is 22.1 Å². The van der Waals surface area contributed by atoms with Crippen molar-refractivity contribution < 1.29 is 13.9 Å². The average molecular weight is 351 g/mol. The van der Waals surface area contributed by atoms with Crippen molar-refractivity contribution in [2.45, 2.75) is 20.0 Å². The van der Waals surface area contributed by atoms with E-state index in [0.29, 0.717) is 11.3 Å². The number of nitrogens with zero attached hydrogens (tertiary/aromatic N) is 1. The monoisotopic (exact) mass is 351 g/mol. The summed E-state index contributed by atoms with van der Waals surface area (Å²) in [5, 5.41) is 0.817. The summed E-state index contributed by atoms with van der Waals surface area (Å²) in [5.41, 5.74) is 2.88. The van der Waals surface area contributed by atoms with E-state index < -0.39 is 11.7 Å². The molecule has 1 aromatic heterocycles. The van der Waals surface area contributed by atoms with Crippen LogP contribution in [0.5, 0.6) is 5.75 Å². The zero-order valence-corrected chi connectivity index (χ0v) is 15.3. The van der Waals surface area contributed by atoms with Gasteiger partial charge in [-0.2, -0.15) is 0 Å². The fourth-order valence-electron chi connectivity index (χ4n) is 2.93. The molecule has 0 saturated carbocycles. The quantitative estimate of drug-likeness (QED) is 0.674. The molecule has 2 aromatic carbocycles. The molecule has 1 heterocycles. The predicted molar refractivity (Wildman–Crippen MR) is 101 cm³/mol. The minimum Gasteiger partial charge on any atom is -0.481 e. The van der Waals surface area contributed by atoms with E-state index in [2.05, 4.69) is 0 Å². The number of carbonyl (C=O) groups is 1. The molecule has 0 bridgehead atoms. The summed E-state index contributed by atoms with van der Waals surface area (Å²) >= 11 is 0. The first-order chi connectivity index (χ1) is 12.4. The van der Waals surface area contributed by atoms with Gasteiger partial charge in [0, 0.05) is 37.2 Å². The Balaban J connectivity index is 2.05. The molecule has 5 nitrogen and oxygen atoms in total. The van der Waals surface area contributed by atoms with Gasteiger partial charge >= 0.3 is 5.63 Å². The molecular formula is C21H21NO4. The summed E-state index contributed by atoms with van der Waals surface area (Å²) in [6.45, 7) is 3.69. The molecule has 26 heavy (non-hydrogen) atoms. The lowest BCUT2D eigenvalue weighted by Gasteiger charge is -2.18. The van der Waals surface area contributed by atoms with E-state index in [1.54, 1.807) is 33.2 Å². The summed E-state index contributed by atoms with van der Waals surface area (Å²) in [6, 6.07) is 14.7. The van der Waals surface area contributed by atoms with Crippen molar-refractivity contribution >= 4 is 16.9 Å². The van der Waals surface area contributed by atoms with Crippen LogP contribution >= 0.6 is 0 Å². The Labute approximate surface area is 151 Å². The summed E-state index contributed by atoms with van der Waals surface area (Å²) in [7, 11) is 3.35. The standard InChI is InChI=1S/C21H21NO4/c1-13-7-5-6-8-16(13)18-12-20(23)26-19-11-15(9-10-17(18)19)25-14(2)21(24)22(3)4/h5-12,14H,1-4H3/t14-/m1/s1. The zero-order chi connectivity index (χ0) is 18.8. The van der Waals surface area contributed by atoms with Gasteiger partial charge in [0.25, 0.3) is 5.91 Å². The highest BCUT2D eigenvalue weighted by Crippen LogP contribution is 2.31. The molecule has 0 radical (unpaired) electrons. The average Bonchev–Trinajstić information content (AvgIpc) is 2.60. The van der Waals surface area contributed by atoms with Crippen LogP contribution in [0, 0.1) is 6.92 Å². The number of aryl methyl sites for hydroxylation is 1. The smallest absolute Gasteiger partial charge is 0.336 e. The minimum absolute atomic E-state index is 0.139. The SMILES string of the molecule is Cc1ccccc1-c1cc(=O)oc2cc(O[C@H](C)C(=O)N(C)C)ccc12. The van der Waals surface area contributed by atoms with Crippen LogP contribution in [0.3, 0.4) is 0 Å². The molecule has 3 aromatic rings. The van der Waals surface area contributed by atoms with Gasteiger partial charge in [-0.3, -0.25) is 4.79 Å². The molecule has 134 valence electrons. The van der Waals surface area contributed by atoms with Gasteiger partial charge in [0.05, 0.1) is 0 Å². The van der Waals surface area contributed by atoms with Gasteiger partial charge in [-0.05, 0) is 37.1 Å². The molecule has 0 aliphatic heterocycles. The van der Waals surface area contributed by atoms with Crippen molar-refractivity contribution in [1.29, 1.82) is 0 Å². The zero-order valence-electron chi connectivity index (χ0n) is 15.3. The lowest BCUT2D eigenvalue weighted by Crippen LogP contribution is -2.35. The third-order valence-electron chi connectivity index (χ3n) is 4.25. The number of ether oxygens (including phenoxy) is 1. The molecule has 1 atom stereocenters. The summed E-state index contributed by atoms with van der Waals surface area (Å²) in [5.74, 6) is 0.338. The topological polar surface area (TPSA) is 59.8 Å². The van der Waals surface area contributed by atoms with E-state index in [0.717, 1.165) is 22.1 Å². The van der Waals surface area contributed by atoms with E-state index in [-0.39, 0.29) is 5.91 Å². The van der Waals surface area contributed by atoms with E-state index in [9.17, 15) is 9.59 Å². The molecule has 3 rings (SSSR count). The first-order valence-corrected chi connectivity index (χ1v) is 8.38. The third-order valence-corrected chi connectivity index (χ3v) is 4.25. The molecule has 0 aliphatic rings. The van der Waals surface area contributed by atoms with E-state index in [1.165, 1.54) is 11.0 Å². The molecule has 0 spiro atoms. The van der Waals surface area contributed by atoms with E-state index in [4.69, 9.17) is 9.15 Å². The fraction of sp³-hybridized carbons (Fsp3) is 0.238. The van der Waals surface area contributed by atoms with Crippen LogP contribution in [-0.2, 0) is 4.79 Å². The Kier molecular flexibility index (Phi) is 4.80. The van der Waals surface area contributed by atoms with Gasteiger partial charge in [0.1, 0.15) is 11.3 Å². The van der Waals surface area contributed by atoms with Gasteiger partial charge in [-0.15, -0.1) is 0 Å². The molecule has 0 fully saturated rings. The van der Waals surface area contributed by atoms with Crippen LogP contribution < -0.4 is 10.4 Å². The minimum atomic E-state index is -0.631. The third kappa shape index (κ3) is 3.47.